The summed E-state index contributed by atoms with van der Waals surface area (Å²) in [5.41, 5.74) is 1.58. The first-order valence-corrected chi connectivity index (χ1v) is 12.5. The van der Waals surface area contributed by atoms with Crippen molar-refractivity contribution in [2.75, 3.05) is 11.9 Å². The van der Waals surface area contributed by atoms with Gasteiger partial charge in [-0.05, 0) is 56.0 Å². The molecule has 0 aromatic carbocycles. The second-order valence-corrected chi connectivity index (χ2v) is 10.7. The van der Waals surface area contributed by atoms with Crippen molar-refractivity contribution < 1.29 is 14.3 Å². The Balaban J connectivity index is 1.56. The van der Waals surface area contributed by atoms with Crippen LogP contribution in [-0.2, 0) is 22.4 Å². The van der Waals surface area contributed by atoms with Crippen LogP contribution in [0.1, 0.15) is 48.0 Å². The van der Waals surface area contributed by atoms with E-state index >= 15 is 0 Å². The maximum Gasteiger partial charge on any atom is 0.341 e. The summed E-state index contributed by atoms with van der Waals surface area (Å²) in [6.45, 7) is 6.17. The molecule has 1 amide bonds. The average Bonchev–Trinajstić information content (AvgIpc) is 3.32. The third-order valence-corrected chi connectivity index (χ3v) is 8.22. The molecule has 3 aromatic rings. The average molecular weight is 462 g/mol. The largest absolute Gasteiger partial charge is 0.462 e. The van der Waals surface area contributed by atoms with Gasteiger partial charge in [-0.15, -0.1) is 22.7 Å². The first-order chi connectivity index (χ1) is 14.5. The summed E-state index contributed by atoms with van der Waals surface area (Å²) in [5, 5.41) is 6.94. The smallest absolute Gasteiger partial charge is 0.341 e. The predicted octanol–water partition coefficient (Wildman–Crippen LogP) is 5.17. The zero-order valence-corrected chi connectivity index (χ0v) is 19.5. The van der Waals surface area contributed by atoms with Crippen LogP contribution in [0.3, 0.4) is 0 Å². The molecule has 0 fully saturated rings. The quantitative estimate of drug-likeness (QED) is 0.310. The highest BCUT2D eigenvalue weighted by molar-refractivity contribution is 8.00. The summed E-state index contributed by atoms with van der Waals surface area (Å²) in [7, 11) is 0. The van der Waals surface area contributed by atoms with Crippen molar-refractivity contribution in [3.63, 3.8) is 0 Å². The van der Waals surface area contributed by atoms with Gasteiger partial charge in [0.15, 0.2) is 0 Å². The molecule has 2 unspecified atom stereocenters. The van der Waals surface area contributed by atoms with E-state index in [4.69, 9.17) is 4.74 Å². The van der Waals surface area contributed by atoms with E-state index in [-0.39, 0.29) is 17.1 Å². The number of ether oxygens (including phenoxy) is 1. The highest BCUT2D eigenvalue weighted by Crippen LogP contribution is 2.40. The van der Waals surface area contributed by atoms with Crippen LogP contribution in [0.2, 0.25) is 0 Å². The minimum absolute atomic E-state index is 0.154. The summed E-state index contributed by atoms with van der Waals surface area (Å²) < 4.78 is 5.29. The van der Waals surface area contributed by atoms with Crippen molar-refractivity contribution in [2.45, 2.75) is 50.3 Å². The maximum absolute atomic E-state index is 13.0. The van der Waals surface area contributed by atoms with Crippen molar-refractivity contribution in [3.05, 3.63) is 33.8 Å². The molecule has 1 aliphatic rings. The maximum atomic E-state index is 13.0. The highest BCUT2D eigenvalue weighted by atomic mass is 32.2. The number of carbonyl (C=O) groups is 2. The molecule has 3 heterocycles. The van der Waals surface area contributed by atoms with Crippen LogP contribution >= 0.6 is 34.4 Å². The van der Waals surface area contributed by atoms with Gasteiger partial charge in [0.05, 0.1) is 17.4 Å². The van der Waals surface area contributed by atoms with Crippen molar-refractivity contribution >= 4 is 61.5 Å². The molecule has 0 bridgehead atoms. The van der Waals surface area contributed by atoms with Crippen molar-refractivity contribution in [1.29, 1.82) is 0 Å². The Kier molecular flexibility index (Phi) is 6.40. The number of thiophene rings is 2. The number of hydrogen-bond acceptors (Lipinski definition) is 8. The van der Waals surface area contributed by atoms with Crippen molar-refractivity contribution in [1.82, 2.24) is 9.97 Å². The molecule has 0 spiro atoms. The lowest BCUT2D eigenvalue weighted by Gasteiger charge is -2.18. The first-order valence-electron chi connectivity index (χ1n) is 9.95. The first kappa shape index (κ1) is 21.3. The van der Waals surface area contributed by atoms with Crippen LogP contribution in [0.5, 0.6) is 0 Å². The number of esters is 1. The molecule has 9 heteroatoms. The summed E-state index contributed by atoms with van der Waals surface area (Å²) in [6.07, 6.45) is 4.35. The fourth-order valence-electron chi connectivity index (χ4n) is 3.55. The Morgan fingerprint density at radius 1 is 1.40 bits per heavy atom. The van der Waals surface area contributed by atoms with Crippen LogP contribution < -0.4 is 5.32 Å². The van der Waals surface area contributed by atoms with Gasteiger partial charge in [-0.3, -0.25) is 4.79 Å². The molecular formula is C21H23N3O3S3. The van der Waals surface area contributed by atoms with Gasteiger partial charge in [-0.1, -0.05) is 18.7 Å². The van der Waals surface area contributed by atoms with Crippen LogP contribution in [0, 0.1) is 5.92 Å². The van der Waals surface area contributed by atoms with E-state index in [0.29, 0.717) is 23.1 Å². The Bertz CT molecular complexity index is 1090. The van der Waals surface area contributed by atoms with Crippen LogP contribution in [0.25, 0.3) is 10.2 Å². The normalized spacial score (nSPS) is 16.8. The Labute approximate surface area is 187 Å². The Hall–Kier alpha value is -1.97. The molecule has 158 valence electrons. The van der Waals surface area contributed by atoms with Gasteiger partial charge >= 0.3 is 5.97 Å². The minimum atomic E-state index is -0.379. The molecule has 0 radical (unpaired) electrons. The molecule has 6 nitrogen and oxygen atoms in total. The fraction of sp³-hybridized carbons (Fsp3) is 0.429. The summed E-state index contributed by atoms with van der Waals surface area (Å²) in [4.78, 5) is 36.3. The Morgan fingerprint density at radius 2 is 2.23 bits per heavy atom. The molecular weight excluding hydrogens is 438 g/mol. The third-order valence-electron chi connectivity index (χ3n) is 5.11. The molecule has 4 rings (SSSR count). The summed E-state index contributed by atoms with van der Waals surface area (Å²) in [6, 6.07) is 1.97. The number of thioether (sulfide) groups is 1. The summed E-state index contributed by atoms with van der Waals surface area (Å²) in [5.74, 6) is 0.0742. The highest BCUT2D eigenvalue weighted by Gasteiger charge is 2.30. The third kappa shape index (κ3) is 4.24. The van der Waals surface area contributed by atoms with Crippen LogP contribution in [0.4, 0.5) is 5.00 Å². The number of rotatable bonds is 6. The van der Waals surface area contributed by atoms with E-state index in [9.17, 15) is 9.59 Å². The van der Waals surface area contributed by atoms with Gasteiger partial charge in [0.2, 0.25) is 5.91 Å². The van der Waals surface area contributed by atoms with E-state index in [1.807, 2.05) is 18.4 Å². The number of aromatic nitrogens is 2. The van der Waals surface area contributed by atoms with Crippen LogP contribution in [-0.4, -0.2) is 33.7 Å². The number of carbonyl (C=O) groups excluding carboxylic acids is 2. The van der Waals surface area contributed by atoms with Gasteiger partial charge in [0.25, 0.3) is 0 Å². The standard InChI is InChI=1S/C21H23N3O3S3/c1-4-27-21(26)16-13-6-5-11(2)9-15(13)30-20(16)24-17(25)12(3)29-19-14-7-8-28-18(14)22-10-23-19/h7-8,10-12H,4-6,9H2,1-3H3,(H,24,25). The van der Waals surface area contributed by atoms with Gasteiger partial charge in [0.1, 0.15) is 21.2 Å². The van der Waals surface area contributed by atoms with Gasteiger partial charge in [-0.2, -0.15) is 0 Å². The zero-order chi connectivity index (χ0) is 21.3. The van der Waals surface area contributed by atoms with E-state index < -0.39 is 0 Å². The number of fused-ring (bicyclic) bond motifs is 2. The fourth-order valence-corrected chi connectivity index (χ4v) is 6.65. The van der Waals surface area contributed by atoms with E-state index in [1.165, 1.54) is 34.3 Å². The molecule has 0 aliphatic heterocycles. The molecule has 30 heavy (non-hydrogen) atoms. The van der Waals surface area contributed by atoms with Crippen LogP contribution in [0.15, 0.2) is 22.8 Å². The minimum Gasteiger partial charge on any atom is -0.462 e. The summed E-state index contributed by atoms with van der Waals surface area (Å²) >= 11 is 4.46. The van der Waals surface area contributed by atoms with Gasteiger partial charge in [-0.25, -0.2) is 14.8 Å². The molecule has 1 N–H and O–H groups in total. The monoisotopic (exact) mass is 461 g/mol. The van der Waals surface area contributed by atoms with Crippen molar-refractivity contribution in [3.8, 4) is 0 Å². The van der Waals surface area contributed by atoms with Crippen molar-refractivity contribution in [2.24, 2.45) is 5.92 Å². The van der Waals surface area contributed by atoms with E-state index in [2.05, 4.69) is 22.2 Å². The lowest BCUT2D eigenvalue weighted by molar-refractivity contribution is -0.115. The number of amides is 1. The predicted molar refractivity (Wildman–Crippen MR) is 123 cm³/mol. The number of anilines is 1. The zero-order valence-electron chi connectivity index (χ0n) is 17.1. The second kappa shape index (κ2) is 9.03. The Morgan fingerprint density at radius 3 is 3.03 bits per heavy atom. The lowest BCUT2D eigenvalue weighted by Crippen LogP contribution is -2.23. The lowest BCUT2D eigenvalue weighted by atomic mass is 9.88. The molecule has 0 saturated heterocycles. The topological polar surface area (TPSA) is 81.2 Å². The molecule has 0 saturated carbocycles. The SMILES string of the molecule is CCOC(=O)c1c(NC(=O)C(C)Sc2ncnc3sccc23)sc2c1CCC(C)C2. The van der Waals surface area contributed by atoms with Gasteiger partial charge < -0.3 is 10.1 Å². The molecule has 2 atom stereocenters. The number of nitrogens with zero attached hydrogens (tertiary/aromatic N) is 2. The molecule has 3 aromatic heterocycles. The van der Waals surface area contributed by atoms with E-state index in [0.717, 1.165) is 40.1 Å². The second-order valence-electron chi connectivity index (χ2n) is 7.34. The van der Waals surface area contributed by atoms with E-state index in [1.54, 1.807) is 18.3 Å². The molecule has 1 aliphatic carbocycles. The number of nitrogens with one attached hydrogen (secondary N) is 1. The number of hydrogen-bond donors (Lipinski definition) is 1. The van der Waals surface area contributed by atoms with Gasteiger partial charge in [0, 0.05) is 10.3 Å².